The van der Waals surface area contributed by atoms with Crippen molar-refractivity contribution in [3.05, 3.63) is 58.6 Å². The molecule has 0 atom stereocenters. The number of halogens is 4. The van der Waals surface area contributed by atoms with Gasteiger partial charge in [0.25, 0.3) is 0 Å². The second kappa shape index (κ2) is 5.77. The fourth-order valence-electron chi connectivity index (χ4n) is 1.88. The van der Waals surface area contributed by atoms with Crippen LogP contribution in [0.4, 0.5) is 13.2 Å². The van der Waals surface area contributed by atoms with Gasteiger partial charge in [0.1, 0.15) is 0 Å². The predicted molar refractivity (Wildman–Crippen MR) is 73.2 cm³/mol. The summed E-state index contributed by atoms with van der Waals surface area (Å²) in [5.41, 5.74) is 0.939. The van der Waals surface area contributed by atoms with Crippen molar-refractivity contribution in [3.8, 4) is 11.1 Å². The van der Waals surface area contributed by atoms with Crippen LogP contribution in [0.5, 0.6) is 0 Å². The molecule has 0 saturated heterocycles. The molecule has 0 spiro atoms. The summed E-state index contributed by atoms with van der Waals surface area (Å²) >= 11 is 5.98. The largest absolute Gasteiger partial charge is 0.481 e. The summed E-state index contributed by atoms with van der Waals surface area (Å²) in [5, 5.41) is 8.99. The number of hydrogen-bond acceptors (Lipinski definition) is 1. The molecule has 0 fully saturated rings. The lowest BCUT2D eigenvalue weighted by Crippen LogP contribution is -2.04. The highest BCUT2D eigenvalue weighted by Gasteiger charge is 2.29. The Hall–Kier alpha value is -2.01. The fourth-order valence-corrected chi connectivity index (χ4v) is 2.13. The zero-order chi connectivity index (χ0) is 15.6. The van der Waals surface area contributed by atoms with E-state index in [2.05, 4.69) is 0 Å². The van der Waals surface area contributed by atoms with Gasteiger partial charge in [0.2, 0.25) is 0 Å². The van der Waals surface area contributed by atoms with E-state index in [9.17, 15) is 18.0 Å². The van der Waals surface area contributed by atoms with Gasteiger partial charge in [-0.2, -0.15) is 13.2 Å². The van der Waals surface area contributed by atoms with E-state index >= 15 is 0 Å². The van der Waals surface area contributed by atoms with Gasteiger partial charge in [0, 0.05) is 5.02 Å². The summed E-state index contributed by atoms with van der Waals surface area (Å²) < 4.78 is 37.5. The lowest BCUT2D eigenvalue weighted by atomic mass is 10.0. The topological polar surface area (TPSA) is 37.3 Å². The molecule has 0 amide bonds. The molecule has 0 aromatic heterocycles. The van der Waals surface area contributed by atoms with Gasteiger partial charge in [-0.1, -0.05) is 35.9 Å². The van der Waals surface area contributed by atoms with Crippen LogP contribution in [0.2, 0.25) is 5.02 Å². The number of alkyl halides is 3. The standard InChI is InChI=1S/C15H10ClF3O2/c16-13-7-10(1-2-11(13)8-14(20)21)9-3-5-12(6-4-9)15(17,18)19/h1-7H,8H2,(H,20,21). The van der Waals surface area contributed by atoms with E-state index in [1.165, 1.54) is 12.1 Å². The maximum Gasteiger partial charge on any atom is 0.416 e. The third-order valence-corrected chi connectivity index (χ3v) is 3.29. The average molecular weight is 315 g/mol. The molecule has 21 heavy (non-hydrogen) atoms. The van der Waals surface area contributed by atoms with E-state index in [1.54, 1.807) is 18.2 Å². The zero-order valence-corrected chi connectivity index (χ0v) is 11.4. The number of carboxylic acid groups (broad SMARTS) is 1. The normalized spacial score (nSPS) is 11.4. The molecule has 2 aromatic rings. The van der Waals surface area contributed by atoms with E-state index in [1.807, 2.05) is 0 Å². The van der Waals surface area contributed by atoms with Gasteiger partial charge in [-0.15, -0.1) is 0 Å². The van der Waals surface area contributed by atoms with Crippen LogP contribution in [0.25, 0.3) is 11.1 Å². The third kappa shape index (κ3) is 3.76. The smallest absolute Gasteiger partial charge is 0.416 e. The van der Waals surface area contributed by atoms with Crippen molar-refractivity contribution >= 4 is 17.6 Å². The summed E-state index contributed by atoms with van der Waals surface area (Å²) in [4.78, 5) is 10.6. The van der Waals surface area contributed by atoms with Crippen molar-refractivity contribution in [2.75, 3.05) is 0 Å². The van der Waals surface area contributed by atoms with E-state index in [0.717, 1.165) is 12.1 Å². The molecule has 6 heteroatoms. The molecule has 0 radical (unpaired) electrons. The molecule has 2 rings (SSSR count). The number of aliphatic carboxylic acids is 1. The van der Waals surface area contributed by atoms with Gasteiger partial charge in [0.15, 0.2) is 0 Å². The van der Waals surface area contributed by atoms with E-state index in [4.69, 9.17) is 16.7 Å². The lowest BCUT2D eigenvalue weighted by molar-refractivity contribution is -0.138. The Balaban J connectivity index is 2.30. The summed E-state index contributed by atoms with van der Waals surface area (Å²) in [6, 6.07) is 9.43. The number of carboxylic acids is 1. The first-order valence-electron chi connectivity index (χ1n) is 5.95. The van der Waals surface area contributed by atoms with Crippen molar-refractivity contribution in [1.82, 2.24) is 0 Å². The first kappa shape index (κ1) is 15.4. The summed E-state index contributed by atoms with van der Waals surface area (Å²) in [7, 11) is 0. The Morgan fingerprint density at radius 1 is 1.05 bits per heavy atom. The van der Waals surface area contributed by atoms with Crippen LogP contribution in [0, 0.1) is 0 Å². The maximum absolute atomic E-state index is 12.5. The van der Waals surface area contributed by atoms with Gasteiger partial charge in [-0.3, -0.25) is 4.79 Å². The summed E-state index contributed by atoms with van der Waals surface area (Å²) in [5.74, 6) is -1.00. The Kier molecular flexibility index (Phi) is 4.23. The number of rotatable bonds is 3. The number of carbonyl (C=O) groups is 1. The molecule has 110 valence electrons. The first-order valence-corrected chi connectivity index (χ1v) is 6.33. The van der Waals surface area contributed by atoms with E-state index < -0.39 is 17.7 Å². The van der Waals surface area contributed by atoms with Crippen LogP contribution < -0.4 is 0 Å². The maximum atomic E-state index is 12.5. The van der Waals surface area contributed by atoms with Crippen LogP contribution in [-0.4, -0.2) is 11.1 Å². The Morgan fingerprint density at radius 2 is 1.62 bits per heavy atom. The van der Waals surface area contributed by atoms with E-state index in [-0.39, 0.29) is 11.4 Å². The van der Waals surface area contributed by atoms with Gasteiger partial charge in [-0.25, -0.2) is 0 Å². The molecule has 0 aliphatic carbocycles. The SMILES string of the molecule is O=C(O)Cc1ccc(-c2ccc(C(F)(F)F)cc2)cc1Cl. The third-order valence-electron chi connectivity index (χ3n) is 2.94. The van der Waals surface area contributed by atoms with Crippen LogP contribution in [0.15, 0.2) is 42.5 Å². The second-order valence-electron chi connectivity index (χ2n) is 4.45. The monoisotopic (exact) mass is 314 g/mol. The number of benzene rings is 2. The average Bonchev–Trinajstić information content (AvgIpc) is 2.40. The summed E-state index contributed by atoms with van der Waals surface area (Å²) in [6.07, 6.45) is -4.58. The Bertz CT molecular complexity index is 664. The van der Waals surface area contributed by atoms with Crippen LogP contribution in [0.3, 0.4) is 0 Å². The van der Waals surface area contributed by atoms with Crippen molar-refractivity contribution in [1.29, 1.82) is 0 Å². The van der Waals surface area contributed by atoms with Crippen molar-refractivity contribution < 1.29 is 23.1 Å². The fraction of sp³-hybridized carbons (Fsp3) is 0.133. The van der Waals surface area contributed by atoms with Crippen molar-refractivity contribution in [2.45, 2.75) is 12.6 Å². The molecular formula is C15H10ClF3O2. The van der Waals surface area contributed by atoms with E-state index in [0.29, 0.717) is 16.7 Å². The second-order valence-corrected chi connectivity index (χ2v) is 4.86. The van der Waals surface area contributed by atoms with Crippen LogP contribution in [0.1, 0.15) is 11.1 Å². The van der Waals surface area contributed by atoms with Gasteiger partial charge in [0.05, 0.1) is 12.0 Å². The minimum absolute atomic E-state index is 0.202. The van der Waals surface area contributed by atoms with Crippen LogP contribution >= 0.6 is 11.6 Å². The van der Waals surface area contributed by atoms with Crippen molar-refractivity contribution in [3.63, 3.8) is 0 Å². The molecule has 0 heterocycles. The Morgan fingerprint density at radius 3 is 2.10 bits per heavy atom. The highest BCUT2D eigenvalue weighted by molar-refractivity contribution is 6.31. The summed E-state index contributed by atoms with van der Waals surface area (Å²) in [6.45, 7) is 0. The highest BCUT2D eigenvalue weighted by atomic mass is 35.5. The Labute approximate surface area is 123 Å². The molecule has 0 aliphatic rings. The minimum Gasteiger partial charge on any atom is -0.481 e. The first-order chi connectivity index (χ1) is 9.77. The van der Waals surface area contributed by atoms with Gasteiger partial charge >= 0.3 is 12.1 Å². The molecule has 2 nitrogen and oxygen atoms in total. The molecule has 0 saturated carbocycles. The van der Waals surface area contributed by atoms with Gasteiger partial charge in [-0.05, 0) is 34.9 Å². The molecule has 2 aromatic carbocycles. The highest BCUT2D eigenvalue weighted by Crippen LogP contribution is 2.32. The molecule has 0 aliphatic heterocycles. The van der Waals surface area contributed by atoms with Gasteiger partial charge < -0.3 is 5.11 Å². The van der Waals surface area contributed by atoms with Crippen LogP contribution in [-0.2, 0) is 17.4 Å². The number of hydrogen-bond donors (Lipinski definition) is 1. The lowest BCUT2D eigenvalue weighted by Gasteiger charge is -2.09. The predicted octanol–water partition coefficient (Wildman–Crippen LogP) is 4.65. The molecule has 0 bridgehead atoms. The quantitative estimate of drug-likeness (QED) is 0.895. The molecular weight excluding hydrogens is 305 g/mol. The zero-order valence-electron chi connectivity index (χ0n) is 10.6. The molecule has 1 N–H and O–H groups in total. The van der Waals surface area contributed by atoms with Crippen molar-refractivity contribution in [2.24, 2.45) is 0 Å². The molecule has 0 unspecified atom stereocenters. The minimum atomic E-state index is -4.37.